The lowest BCUT2D eigenvalue weighted by atomic mass is 10.1. The normalized spacial score (nSPS) is 13.8. The second-order valence-corrected chi connectivity index (χ2v) is 10.2. The molecule has 10 nitrogen and oxygen atoms in total. The molecule has 10 heteroatoms. The van der Waals surface area contributed by atoms with Gasteiger partial charge in [0.1, 0.15) is 23.0 Å². The molecule has 0 aliphatic heterocycles. The summed E-state index contributed by atoms with van der Waals surface area (Å²) < 4.78 is 16.1. The van der Waals surface area contributed by atoms with Gasteiger partial charge >= 0.3 is 18.3 Å². The quantitative estimate of drug-likeness (QED) is 0.399. The van der Waals surface area contributed by atoms with Gasteiger partial charge in [0.25, 0.3) is 0 Å². The maximum Gasteiger partial charge on any atom is 0.412 e. The summed E-state index contributed by atoms with van der Waals surface area (Å²) >= 11 is 0. The first-order valence-electron chi connectivity index (χ1n) is 10.3. The van der Waals surface area contributed by atoms with Crippen molar-refractivity contribution in [2.75, 3.05) is 6.54 Å². The Morgan fingerprint density at radius 2 is 1.23 bits per heavy atom. The predicted octanol–water partition coefficient (Wildman–Crippen LogP) is 4.56. The summed E-state index contributed by atoms with van der Waals surface area (Å²) in [6, 6.07) is -0.447. The number of carbonyl (C=O) groups is 3. The van der Waals surface area contributed by atoms with Crippen LogP contribution in [0.1, 0.15) is 82.6 Å². The summed E-state index contributed by atoms with van der Waals surface area (Å²) in [7, 11) is 0. The molecule has 3 amide bonds. The van der Waals surface area contributed by atoms with Crippen LogP contribution >= 0.6 is 0 Å². The SMILES string of the molecule is CCC(CNC(=O)OC(C)(C)C)N(C(=O)OC(C)(C)C)C(C)NC(=O)OC(C)(C)C.N. The average Bonchev–Trinajstić information content (AvgIpc) is 2.45. The highest BCUT2D eigenvalue weighted by atomic mass is 16.6. The molecule has 0 aliphatic rings. The third-order valence-electron chi connectivity index (χ3n) is 3.49. The molecular weight excluding hydrogens is 404 g/mol. The molecule has 0 bridgehead atoms. The van der Waals surface area contributed by atoms with Gasteiger partial charge in [-0.3, -0.25) is 4.90 Å². The Labute approximate surface area is 187 Å². The van der Waals surface area contributed by atoms with Gasteiger partial charge in [-0.15, -0.1) is 0 Å². The number of hydrogen-bond donors (Lipinski definition) is 3. The van der Waals surface area contributed by atoms with Gasteiger partial charge in [0.2, 0.25) is 0 Å². The largest absolute Gasteiger partial charge is 0.444 e. The number of rotatable bonds is 6. The van der Waals surface area contributed by atoms with Crippen molar-refractivity contribution in [2.45, 2.75) is 112 Å². The molecule has 0 spiro atoms. The van der Waals surface area contributed by atoms with E-state index in [0.29, 0.717) is 6.42 Å². The van der Waals surface area contributed by atoms with Crippen LogP contribution < -0.4 is 16.8 Å². The second-order valence-electron chi connectivity index (χ2n) is 10.2. The molecule has 0 saturated heterocycles. The van der Waals surface area contributed by atoms with E-state index in [0.717, 1.165) is 0 Å². The van der Waals surface area contributed by atoms with Gasteiger partial charge < -0.3 is 31.0 Å². The van der Waals surface area contributed by atoms with Crippen LogP contribution in [0.2, 0.25) is 0 Å². The Morgan fingerprint density at radius 1 is 0.806 bits per heavy atom. The molecule has 0 fully saturated rings. The van der Waals surface area contributed by atoms with Crippen molar-refractivity contribution in [1.29, 1.82) is 0 Å². The minimum absolute atomic E-state index is 0. The molecule has 0 aliphatic carbocycles. The molecule has 0 aromatic heterocycles. The van der Waals surface area contributed by atoms with Crippen molar-refractivity contribution >= 4 is 18.3 Å². The van der Waals surface area contributed by atoms with Gasteiger partial charge in [-0.2, -0.15) is 0 Å². The van der Waals surface area contributed by atoms with E-state index in [1.807, 2.05) is 6.92 Å². The highest BCUT2D eigenvalue weighted by molar-refractivity contribution is 5.72. The zero-order valence-corrected chi connectivity index (χ0v) is 21.2. The number of ether oxygens (including phenoxy) is 3. The van der Waals surface area contributed by atoms with Gasteiger partial charge in [0.05, 0.1) is 6.04 Å². The van der Waals surface area contributed by atoms with Crippen LogP contribution in [0.15, 0.2) is 0 Å². The van der Waals surface area contributed by atoms with Crippen molar-refractivity contribution in [3.63, 3.8) is 0 Å². The fourth-order valence-electron chi connectivity index (χ4n) is 2.44. The number of amides is 3. The molecule has 184 valence electrons. The number of nitrogens with one attached hydrogen (secondary N) is 2. The summed E-state index contributed by atoms with van der Waals surface area (Å²) in [5.41, 5.74) is -2.04. The topological polar surface area (TPSA) is 141 Å². The van der Waals surface area contributed by atoms with E-state index in [9.17, 15) is 14.4 Å². The molecule has 0 aromatic carbocycles. The van der Waals surface area contributed by atoms with Crippen LogP contribution in [-0.2, 0) is 14.2 Å². The maximum absolute atomic E-state index is 12.9. The lowest BCUT2D eigenvalue weighted by molar-refractivity contribution is -0.00221. The number of hydrogen-bond acceptors (Lipinski definition) is 7. The minimum atomic E-state index is -0.736. The molecule has 5 N–H and O–H groups in total. The Balaban J connectivity index is 0. The standard InChI is InChI=1S/C21H41N3O6.H3N/c1-12-15(13-22-16(25)28-19(3,4)5)24(18(27)30-21(9,10)11)14(2)23-17(26)29-20(6,7)8;/h14-15H,12-13H2,1-11H3,(H,22,25)(H,23,26);1H3. The van der Waals surface area contributed by atoms with Gasteiger partial charge in [0.15, 0.2) is 0 Å². The van der Waals surface area contributed by atoms with E-state index in [-0.39, 0.29) is 12.7 Å². The van der Waals surface area contributed by atoms with Gasteiger partial charge in [-0.05, 0) is 75.7 Å². The molecular formula is C21H44N4O6. The van der Waals surface area contributed by atoms with Gasteiger partial charge in [0, 0.05) is 6.54 Å². The van der Waals surface area contributed by atoms with Gasteiger partial charge in [-0.25, -0.2) is 14.4 Å². The summed E-state index contributed by atoms with van der Waals surface area (Å²) in [5.74, 6) is 0. The highest BCUT2D eigenvalue weighted by Crippen LogP contribution is 2.17. The molecule has 31 heavy (non-hydrogen) atoms. The number of carbonyl (C=O) groups excluding carboxylic acids is 3. The zero-order chi connectivity index (χ0) is 23.9. The summed E-state index contributed by atoms with van der Waals surface area (Å²) in [4.78, 5) is 38.6. The van der Waals surface area contributed by atoms with E-state index in [4.69, 9.17) is 14.2 Å². The van der Waals surface area contributed by atoms with E-state index in [1.54, 1.807) is 69.2 Å². The molecule has 0 saturated carbocycles. The fourth-order valence-corrected chi connectivity index (χ4v) is 2.44. The Bertz CT molecular complexity index is 590. The highest BCUT2D eigenvalue weighted by Gasteiger charge is 2.33. The lowest BCUT2D eigenvalue weighted by Gasteiger charge is -2.37. The van der Waals surface area contributed by atoms with E-state index < -0.39 is 47.3 Å². The molecule has 0 aromatic rings. The molecule has 2 unspecified atom stereocenters. The second kappa shape index (κ2) is 12.0. The van der Waals surface area contributed by atoms with Crippen molar-refractivity contribution < 1.29 is 28.6 Å². The third kappa shape index (κ3) is 14.4. The van der Waals surface area contributed by atoms with Crippen molar-refractivity contribution in [3.05, 3.63) is 0 Å². The number of nitrogens with zero attached hydrogens (tertiary/aromatic N) is 1. The Morgan fingerprint density at radius 3 is 1.61 bits per heavy atom. The number of alkyl carbamates (subject to hydrolysis) is 2. The lowest BCUT2D eigenvalue weighted by Crippen LogP contribution is -2.57. The first-order chi connectivity index (χ1) is 13.3. The first-order valence-corrected chi connectivity index (χ1v) is 10.3. The van der Waals surface area contributed by atoms with Gasteiger partial charge in [-0.1, -0.05) is 6.92 Å². The smallest absolute Gasteiger partial charge is 0.412 e. The fraction of sp³-hybridized carbons (Fsp3) is 0.857. The predicted molar refractivity (Wildman–Crippen MR) is 120 cm³/mol. The first kappa shape index (κ1) is 31.0. The summed E-state index contributed by atoms with van der Waals surface area (Å²) in [5, 5.41) is 5.34. The van der Waals surface area contributed by atoms with Crippen molar-refractivity contribution in [3.8, 4) is 0 Å². The van der Waals surface area contributed by atoms with E-state index in [1.165, 1.54) is 4.90 Å². The monoisotopic (exact) mass is 448 g/mol. The van der Waals surface area contributed by atoms with Crippen molar-refractivity contribution in [1.82, 2.24) is 21.7 Å². The van der Waals surface area contributed by atoms with Crippen LogP contribution in [0.4, 0.5) is 14.4 Å². The molecule has 0 heterocycles. The summed E-state index contributed by atoms with van der Waals surface area (Å²) in [6.07, 6.45) is -2.07. The van der Waals surface area contributed by atoms with Crippen LogP contribution in [0, 0.1) is 0 Å². The Kier molecular flexibility index (Phi) is 12.0. The van der Waals surface area contributed by atoms with Crippen LogP contribution in [0.3, 0.4) is 0 Å². The van der Waals surface area contributed by atoms with Crippen LogP contribution in [0.5, 0.6) is 0 Å². The molecule has 2 atom stereocenters. The third-order valence-corrected chi connectivity index (χ3v) is 3.49. The van der Waals surface area contributed by atoms with Crippen molar-refractivity contribution in [2.24, 2.45) is 0 Å². The molecule has 0 rings (SSSR count). The van der Waals surface area contributed by atoms with Crippen LogP contribution in [-0.4, -0.2) is 58.7 Å². The summed E-state index contributed by atoms with van der Waals surface area (Å²) in [6.45, 7) is 19.5. The maximum atomic E-state index is 12.9. The minimum Gasteiger partial charge on any atom is -0.444 e. The van der Waals surface area contributed by atoms with E-state index >= 15 is 0 Å². The average molecular weight is 449 g/mol. The Hall–Kier alpha value is -2.23. The zero-order valence-electron chi connectivity index (χ0n) is 21.2. The van der Waals surface area contributed by atoms with Crippen LogP contribution in [0.25, 0.3) is 0 Å². The van der Waals surface area contributed by atoms with E-state index in [2.05, 4.69) is 10.6 Å². The molecule has 0 radical (unpaired) electrons.